The number of ether oxygens (including phenoxy) is 2. The van der Waals surface area contributed by atoms with Crippen LogP contribution in [0.3, 0.4) is 0 Å². The molecule has 1 aliphatic heterocycles. The van der Waals surface area contributed by atoms with Crippen LogP contribution in [0, 0.1) is 18.3 Å². The molecule has 1 fully saturated rings. The number of aliphatic hydroxyl groups excluding tert-OH is 1. The molecule has 1 aliphatic rings. The first-order valence-corrected chi connectivity index (χ1v) is 14.9. The Kier molecular flexibility index (Phi) is 10.6. The second-order valence-corrected chi connectivity index (χ2v) is 12.4. The highest BCUT2D eigenvalue weighted by Gasteiger charge is 2.52. The van der Waals surface area contributed by atoms with Crippen molar-refractivity contribution in [1.29, 1.82) is 5.26 Å². The van der Waals surface area contributed by atoms with Crippen molar-refractivity contribution in [3.05, 3.63) is 81.6 Å². The van der Waals surface area contributed by atoms with Crippen LogP contribution in [-0.2, 0) is 33.7 Å². The zero-order valence-corrected chi connectivity index (χ0v) is 26.5. The first-order chi connectivity index (χ1) is 20.8. The lowest BCUT2D eigenvalue weighted by molar-refractivity contribution is -0.139. The molecule has 2 heterocycles. The predicted molar refractivity (Wildman–Crippen MR) is 167 cm³/mol. The number of nitriles is 1. The summed E-state index contributed by atoms with van der Waals surface area (Å²) >= 11 is 6.68. The Balaban J connectivity index is 1.53. The van der Waals surface area contributed by atoms with Crippen molar-refractivity contribution in [2.24, 2.45) is 0 Å². The molecule has 11 heteroatoms. The molecule has 0 bridgehead atoms. The first-order valence-electron chi connectivity index (χ1n) is 14.6. The van der Waals surface area contributed by atoms with Gasteiger partial charge in [0.25, 0.3) is 0 Å². The van der Waals surface area contributed by atoms with Gasteiger partial charge in [-0.1, -0.05) is 29.8 Å². The highest BCUT2D eigenvalue weighted by molar-refractivity contribution is 6.62. The molecule has 9 nitrogen and oxygen atoms in total. The number of aromatic nitrogens is 1. The van der Waals surface area contributed by atoms with Crippen molar-refractivity contribution in [1.82, 2.24) is 4.98 Å². The number of hydrogen-bond donors (Lipinski definition) is 2. The summed E-state index contributed by atoms with van der Waals surface area (Å²) in [6.45, 7) is 10.5. The van der Waals surface area contributed by atoms with Crippen molar-refractivity contribution in [3.63, 3.8) is 0 Å². The van der Waals surface area contributed by atoms with Crippen LogP contribution in [0.25, 0.3) is 0 Å². The Hall–Kier alpha value is -3.62. The van der Waals surface area contributed by atoms with Crippen LogP contribution in [0.2, 0.25) is 5.02 Å². The van der Waals surface area contributed by atoms with E-state index in [1.807, 2.05) is 52.8 Å². The van der Waals surface area contributed by atoms with Crippen LogP contribution in [0.1, 0.15) is 74.8 Å². The fourth-order valence-corrected chi connectivity index (χ4v) is 5.12. The molecule has 2 aromatic carbocycles. The molecule has 1 aromatic heterocycles. The minimum Gasteiger partial charge on any atom is -0.488 e. The van der Waals surface area contributed by atoms with Crippen LogP contribution in [0.5, 0.6) is 11.5 Å². The van der Waals surface area contributed by atoms with Crippen LogP contribution in [0.15, 0.2) is 48.8 Å². The number of carboxylic acids is 1. The van der Waals surface area contributed by atoms with Crippen molar-refractivity contribution < 1.29 is 33.8 Å². The number of halogens is 1. The maximum absolute atomic E-state index is 10.9. The lowest BCUT2D eigenvalue weighted by Gasteiger charge is -2.32. The smallest absolute Gasteiger partial charge is 0.488 e. The van der Waals surface area contributed by atoms with E-state index in [2.05, 4.69) is 11.1 Å². The van der Waals surface area contributed by atoms with Crippen LogP contribution in [0.4, 0.5) is 0 Å². The average Bonchev–Trinajstić information content (AvgIpc) is 3.18. The van der Waals surface area contributed by atoms with Crippen molar-refractivity contribution in [3.8, 4) is 17.6 Å². The summed E-state index contributed by atoms with van der Waals surface area (Å²) in [5, 5.41) is 28.6. The Morgan fingerprint density at radius 3 is 2.45 bits per heavy atom. The van der Waals surface area contributed by atoms with Gasteiger partial charge in [0.05, 0.1) is 34.3 Å². The fraction of sp³-hybridized carbons (Fsp3) is 0.424. The Labute approximate surface area is 263 Å². The third-order valence-corrected chi connectivity index (χ3v) is 8.50. The number of rotatable bonds is 13. The summed E-state index contributed by atoms with van der Waals surface area (Å²) < 4.78 is 24.9. The van der Waals surface area contributed by atoms with Gasteiger partial charge in [-0.15, -0.1) is 0 Å². The molecule has 1 saturated heterocycles. The number of pyridine rings is 1. The van der Waals surface area contributed by atoms with E-state index in [-0.39, 0.29) is 19.6 Å². The van der Waals surface area contributed by atoms with Gasteiger partial charge >= 0.3 is 13.1 Å². The standard InChI is InChI=1S/C33H38BClN2O7/c1-21-25(9-7-11-27(21)34-43-32(2,3)33(4,5)44-34)20-42-30-15-29(41-19-23-12-22(16-36)17-37-18-23)24(13-28(30)35)8-6-10-26(38)14-31(39)40/h7,9,11-13,15,17-18,26,38H,6,8,10,14,19-20H2,1-5H3,(H,39,40)/t26-/m1/s1. The maximum Gasteiger partial charge on any atom is 0.495 e. The van der Waals surface area contributed by atoms with Crippen LogP contribution in [-0.4, -0.2) is 45.6 Å². The second-order valence-electron chi connectivity index (χ2n) is 12.0. The molecule has 232 valence electrons. The molecule has 0 saturated carbocycles. The van der Waals surface area contributed by atoms with E-state index in [4.69, 9.17) is 35.5 Å². The summed E-state index contributed by atoms with van der Waals surface area (Å²) in [5.41, 5.74) is 3.91. The third kappa shape index (κ3) is 8.10. The summed E-state index contributed by atoms with van der Waals surface area (Å²) in [5.74, 6) is -0.0844. The molecular weight excluding hydrogens is 583 g/mol. The van der Waals surface area contributed by atoms with Gasteiger partial charge in [-0.25, -0.2) is 0 Å². The molecule has 2 N–H and O–H groups in total. The predicted octanol–water partition coefficient (Wildman–Crippen LogP) is 5.53. The molecule has 0 unspecified atom stereocenters. The van der Waals surface area contributed by atoms with Gasteiger partial charge in [0.1, 0.15) is 30.8 Å². The van der Waals surface area contributed by atoms with Gasteiger partial charge in [-0.05, 0) is 88.2 Å². The van der Waals surface area contributed by atoms with E-state index in [9.17, 15) is 15.2 Å². The summed E-state index contributed by atoms with van der Waals surface area (Å²) in [7, 11) is -0.495. The summed E-state index contributed by atoms with van der Waals surface area (Å²) in [6, 6.07) is 13.2. The van der Waals surface area contributed by atoms with Crippen molar-refractivity contribution in [2.45, 2.75) is 90.8 Å². The van der Waals surface area contributed by atoms with Gasteiger partial charge in [-0.2, -0.15) is 5.26 Å². The Morgan fingerprint density at radius 1 is 1.07 bits per heavy atom. The zero-order chi connectivity index (χ0) is 32.1. The molecule has 0 amide bonds. The molecule has 1 atom stereocenters. The van der Waals surface area contributed by atoms with E-state index in [1.165, 1.54) is 6.20 Å². The Bertz CT molecular complexity index is 1520. The van der Waals surface area contributed by atoms with Crippen molar-refractivity contribution in [2.75, 3.05) is 0 Å². The monoisotopic (exact) mass is 620 g/mol. The third-order valence-electron chi connectivity index (χ3n) is 8.21. The fourth-order valence-electron chi connectivity index (χ4n) is 4.88. The highest BCUT2D eigenvalue weighted by Crippen LogP contribution is 2.37. The van der Waals surface area contributed by atoms with E-state index in [0.717, 1.165) is 27.7 Å². The second kappa shape index (κ2) is 14.0. The number of carboxylic acid groups (broad SMARTS) is 1. The lowest BCUT2D eigenvalue weighted by Crippen LogP contribution is -2.41. The lowest BCUT2D eigenvalue weighted by atomic mass is 9.75. The number of carbonyl (C=O) groups is 1. The number of benzene rings is 2. The minimum absolute atomic E-state index is 0.160. The number of nitrogens with zero attached hydrogens (tertiary/aromatic N) is 2. The molecule has 3 aromatic rings. The van der Waals surface area contributed by atoms with E-state index < -0.39 is 30.4 Å². The highest BCUT2D eigenvalue weighted by atomic mass is 35.5. The summed E-state index contributed by atoms with van der Waals surface area (Å²) in [6.07, 6.45) is 3.20. The van der Waals surface area contributed by atoms with E-state index >= 15 is 0 Å². The largest absolute Gasteiger partial charge is 0.495 e. The summed E-state index contributed by atoms with van der Waals surface area (Å²) in [4.78, 5) is 15.0. The van der Waals surface area contributed by atoms with Crippen molar-refractivity contribution >= 4 is 30.2 Å². The molecule has 44 heavy (non-hydrogen) atoms. The molecular formula is C33H38BClN2O7. The number of hydrogen-bond acceptors (Lipinski definition) is 8. The Morgan fingerprint density at radius 2 is 1.77 bits per heavy atom. The SMILES string of the molecule is Cc1c(COc2cc(OCc3cncc(C#N)c3)c(CCC[C@@H](O)CC(=O)O)cc2Cl)cccc1B1OC(C)(C)C(C)(C)O1. The first kappa shape index (κ1) is 33.3. The quantitative estimate of drug-likeness (QED) is 0.237. The van der Waals surface area contributed by atoms with Gasteiger partial charge in [0.2, 0.25) is 0 Å². The topological polar surface area (TPSA) is 131 Å². The van der Waals surface area contributed by atoms with Crippen LogP contribution >= 0.6 is 11.6 Å². The molecule has 4 rings (SSSR count). The van der Waals surface area contributed by atoms with Gasteiger partial charge in [0, 0.05) is 24.0 Å². The van der Waals surface area contributed by atoms with Gasteiger partial charge in [-0.3, -0.25) is 9.78 Å². The van der Waals surface area contributed by atoms with E-state index in [1.54, 1.807) is 24.4 Å². The van der Waals surface area contributed by atoms with Crippen LogP contribution < -0.4 is 14.9 Å². The molecule has 0 aliphatic carbocycles. The average molecular weight is 621 g/mol. The minimum atomic E-state index is -1.05. The normalized spacial score (nSPS) is 15.9. The maximum atomic E-state index is 10.9. The van der Waals surface area contributed by atoms with E-state index in [0.29, 0.717) is 41.3 Å². The zero-order valence-electron chi connectivity index (χ0n) is 25.7. The number of aliphatic hydroxyl groups is 1. The number of aryl methyl sites for hydroxylation is 1. The molecule has 0 spiro atoms. The van der Waals surface area contributed by atoms with Gasteiger partial charge < -0.3 is 29.0 Å². The van der Waals surface area contributed by atoms with Gasteiger partial charge in [0.15, 0.2) is 0 Å². The molecule has 0 radical (unpaired) electrons. The number of aliphatic carboxylic acids is 1.